The number of halogens is 1. The van der Waals surface area contributed by atoms with Gasteiger partial charge in [0.1, 0.15) is 12.5 Å². The zero-order chi connectivity index (χ0) is 17.0. The number of carboxylic acids is 1. The summed E-state index contributed by atoms with van der Waals surface area (Å²) in [6, 6.07) is 4.28. The fourth-order valence-corrected chi connectivity index (χ4v) is 2.44. The Bertz CT molecular complexity index is 615. The smallest absolute Gasteiger partial charge is 0.335 e. The highest BCUT2D eigenvalue weighted by Gasteiger charge is 2.36. The zero-order valence-corrected chi connectivity index (χ0v) is 13.0. The van der Waals surface area contributed by atoms with Crippen LogP contribution in [0.5, 0.6) is 0 Å². The van der Waals surface area contributed by atoms with Crippen LogP contribution in [0.15, 0.2) is 36.0 Å². The Hall–Kier alpha value is -2.41. The topological polar surface area (TPSA) is 70.1 Å². The lowest BCUT2D eigenvalue weighted by molar-refractivity contribution is -0.133. The summed E-state index contributed by atoms with van der Waals surface area (Å²) in [5, 5.41) is 9.47. The molecule has 0 radical (unpaired) electrons. The molecule has 0 aromatic heterocycles. The van der Waals surface area contributed by atoms with Gasteiger partial charge in [-0.3, -0.25) is 4.90 Å². The third-order valence-corrected chi connectivity index (χ3v) is 3.54. The maximum Gasteiger partial charge on any atom is 0.335 e. The van der Waals surface area contributed by atoms with Crippen molar-refractivity contribution in [1.82, 2.24) is 9.80 Å². The summed E-state index contributed by atoms with van der Waals surface area (Å²) < 4.78 is 18.4. The minimum Gasteiger partial charge on any atom is -0.478 e. The van der Waals surface area contributed by atoms with E-state index in [1.165, 1.54) is 47.3 Å². The predicted octanol–water partition coefficient (Wildman–Crippen LogP) is 2.59. The summed E-state index contributed by atoms with van der Waals surface area (Å²) in [6.45, 7) is 2.41. The number of carbonyl (C=O) groups excluding carboxylic acids is 1. The lowest BCUT2D eigenvalue weighted by atomic mass is 9.96. The summed E-state index contributed by atoms with van der Waals surface area (Å²) in [7, 11) is 1.51. The van der Waals surface area contributed by atoms with Gasteiger partial charge >= 0.3 is 12.0 Å². The number of urea groups is 1. The van der Waals surface area contributed by atoms with E-state index < -0.39 is 17.8 Å². The SMILES string of the molecule is CCCOCN1C=C(C(=O)O)C(c2ccc(F)cc2)N(C)C1=O. The first-order chi connectivity index (χ1) is 11.0. The van der Waals surface area contributed by atoms with Gasteiger partial charge in [-0.1, -0.05) is 19.1 Å². The predicted molar refractivity (Wildman–Crippen MR) is 81.0 cm³/mol. The maximum atomic E-state index is 13.1. The van der Waals surface area contributed by atoms with Gasteiger partial charge in [0.15, 0.2) is 0 Å². The number of hydrogen-bond acceptors (Lipinski definition) is 3. The fraction of sp³-hybridized carbons (Fsp3) is 0.375. The molecule has 1 unspecified atom stereocenters. The van der Waals surface area contributed by atoms with E-state index in [2.05, 4.69) is 0 Å². The van der Waals surface area contributed by atoms with Gasteiger partial charge in [0.05, 0.1) is 11.6 Å². The van der Waals surface area contributed by atoms with Gasteiger partial charge in [0.25, 0.3) is 0 Å². The first-order valence-electron chi connectivity index (χ1n) is 7.27. The molecule has 1 aliphatic heterocycles. The fourth-order valence-electron chi connectivity index (χ4n) is 2.44. The van der Waals surface area contributed by atoms with Gasteiger partial charge in [0.2, 0.25) is 0 Å². The molecule has 1 aromatic carbocycles. The van der Waals surface area contributed by atoms with E-state index in [4.69, 9.17) is 4.74 Å². The standard InChI is InChI=1S/C16H19FN2O4/c1-3-8-23-10-19-9-13(15(20)21)14(18(2)16(19)22)11-4-6-12(17)7-5-11/h4-7,9,14H,3,8,10H2,1-2H3,(H,20,21). The summed E-state index contributed by atoms with van der Waals surface area (Å²) in [5.74, 6) is -1.56. The first-order valence-corrected chi connectivity index (χ1v) is 7.27. The number of nitrogens with zero attached hydrogens (tertiary/aromatic N) is 2. The van der Waals surface area contributed by atoms with E-state index in [0.29, 0.717) is 12.2 Å². The van der Waals surface area contributed by atoms with Crippen molar-refractivity contribution in [3.63, 3.8) is 0 Å². The number of aliphatic carboxylic acids is 1. The Balaban J connectivity index is 2.34. The van der Waals surface area contributed by atoms with Gasteiger partial charge in [0, 0.05) is 19.9 Å². The monoisotopic (exact) mass is 322 g/mol. The van der Waals surface area contributed by atoms with Crippen LogP contribution < -0.4 is 0 Å². The van der Waals surface area contributed by atoms with Crippen molar-refractivity contribution in [2.24, 2.45) is 0 Å². The van der Waals surface area contributed by atoms with E-state index in [-0.39, 0.29) is 18.3 Å². The Kier molecular flexibility index (Phi) is 5.33. The maximum absolute atomic E-state index is 13.1. The van der Waals surface area contributed by atoms with Crippen LogP contribution in [0.1, 0.15) is 24.9 Å². The van der Waals surface area contributed by atoms with Crippen LogP contribution in [0.3, 0.4) is 0 Å². The van der Waals surface area contributed by atoms with Crippen LogP contribution in [-0.4, -0.2) is 47.3 Å². The molecule has 0 fully saturated rings. The largest absolute Gasteiger partial charge is 0.478 e. The van der Waals surface area contributed by atoms with Gasteiger partial charge in [-0.15, -0.1) is 0 Å². The number of amides is 2. The number of hydrogen-bond donors (Lipinski definition) is 1. The molecule has 0 aliphatic carbocycles. The molecular weight excluding hydrogens is 303 g/mol. The van der Waals surface area contributed by atoms with Crippen molar-refractivity contribution < 1.29 is 23.8 Å². The second-order valence-electron chi connectivity index (χ2n) is 5.24. The minimum absolute atomic E-state index is 0.00999. The summed E-state index contributed by atoms with van der Waals surface area (Å²) in [5.41, 5.74) is 0.559. The molecular formula is C16H19FN2O4. The normalized spacial score (nSPS) is 18.1. The lowest BCUT2D eigenvalue weighted by Crippen LogP contribution is -2.47. The molecule has 0 spiro atoms. The quantitative estimate of drug-likeness (QED) is 0.817. The number of benzene rings is 1. The molecule has 2 amide bonds. The molecule has 2 rings (SSSR count). The molecule has 1 aromatic rings. The Labute approximate surface area is 133 Å². The molecule has 6 nitrogen and oxygen atoms in total. The average Bonchev–Trinajstić information content (AvgIpc) is 2.52. The average molecular weight is 322 g/mol. The third-order valence-electron chi connectivity index (χ3n) is 3.54. The number of carboxylic acid groups (broad SMARTS) is 1. The van der Waals surface area contributed by atoms with E-state index >= 15 is 0 Å². The van der Waals surface area contributed by atoms with E-state index in [9.17, 15) is 19.1 Å². The zero-order valence-electron chi connectivity index (χ0n) is 13.0. The molecule has 1 atom stereocenters. The highest BCUT2D eigenvalue weighted by atomic mass is 19.1. The van der Waals surface area contributed by atoms with Crippen molar-refractivity contribution in [3.8, 4) is 0 Å². The van der Waals surface area contributed by atoms with Crippen LogP contribution in [-0.2, 0) is 9.53 Å². The summed E-state index contributed by atoms with van der Waals surface area (Å²) in [4.78, 5) is 26.5. The number of ether oxygens (including phenoxy) is 1. The molecule has 1 aliphatic rings. The van der Waals surface area contributed by atoms with Crippen molar-refractivity contribution in [2.45, 2.75) is 19.4 Å². The van der Waals surface area contributed by atoms with Crippen molar-refractivity contribution >= 4 is 12.0 Å². The highest BCUT2D eigenvalue weighted by molar-refractivity contribution is 5.92. The first kappa shape index (κ1) is 17.0. The molecule has 0 saturated carbocycles. The van der Waals surface area contributed by atoms with E-state index in [1.54, 1.807) is 0 Å². The van der Waals surface area contributed by atoms with Gasteiger partial charge in [-0.25, -0.2) is 14.0 Å². The number of carbonyl (C=O) groups is 2. The third kappa shape index (κ3) is 3.68. The summed E-state index contributed by atoms with van der Waals surface area (Å²) in [6.07, 6.45) is 2.08. The Morgan fingerprint density at radius 2 is 2.00 bits per heavy atom. The molecule has 23 heavy (non-hydrogen) atoms. The van der Waals surface area contributed by atoms with Gasteiger partial charge in [-0.05, 0) is 24.1 Å². The van der Waals surface area contributed by atoms with Crippen molar-refractivity contribution in [2.75, 3.05) is 20.4 Å². The summed E-state index contributed by atoms with van der Waals surface area (Å²) >= 11 is 0. The van der Waals surface area contributed by atoms with Crippen LogP contribution >= 0.6 is 0 Å². The van der Waals surface area contributed by atoms with Crippen LogP contribution in [0.4, 0.5) is 9.18 Å². The molecule has 7 heteroatoms. The van der Waals surface area contributed by atoms with Crippen LogP contribution in [0.25, 0.3) is 0 Å². The molecule has 124 valence electrons. The highest BCUT2D eigenvalue weighted by Crippen LogP contribution is 2.32. The number of rotatable bonds is 6. The Morgan fingerprint density at radius 1 is 1.35 bits per heavy atom. The van der Waals surface area contributed by atoms with E-state index in [1.807, 2.05) is 6.92 Å². The second-order valence-corrected chi connectivity index (χ2v) is 5.24. The lowest BCUT2D eigenvalue weighted by Gasteiger charge is -2.37. The number of likely N-dealkylation sites (N-methyl/N-ethyl adjacent to an activating group) is 1. The molecule has 1 N–H and O–H groups in total. The van der Waals surface area contributed by atoms with Gasteiger partial charge < -0.3 is 14.7 Å². The second kappa shape index (κ2) is 7.23. The van der Waals surface area contributed by atoms with Gasteiger partial charge in [-0.2, -0.15) is 0 Å². The van der Waals surface area contributed by atoms with E-state index in [0.717, 1.165) is 6.42 Å². The Morgan fingerprint density at radius 3 is 2.57 bits per heavy atom. The molecule has 0 bridgehead atoms. The molecule has 0 saturated heterocycles. The van der Waals surface area contributed by atoms with Crippen LogP contribution in [0, 0.1) is 5.82 Å². The van der Waals surface area contributed by atoms with Crippen LogP contribution in [0.2, 0.25) is 0 Å². The van der Waals surface area contributed by atoms with Crippen molar-refractivity contribution in [3.05, 3.63) is 47.4 Å². The molecule has 1 heterocycles. The minimum atomic E-state index is -1.14. The van der Waals surface area contributed by atoms with Crippen molar-refractivity contribution in [1.29, 1.82) is 0 Å².